The Morgan fingerprint density at radius 1 is 0.920 bits per heavy atom. The molecule has 0 spiro atoms. The smallest absolute Gasteiger partial charge is 0.251 e. The summed E-state index contributed by atoms with van der Waals surface area (Å²) in [5.41, 5.74) is 2.05. The topological polar surface area (TPSA) is 58.2 Å². The van der Waals surface area contributed by atoms with Crippen molar-refractivity contribution in [2.45, 2.75) is 0 Å². The van der Waals surface area contributed by atoms with Gasteiger partial charge in [0.15, 0.2) is 0 Å². The number of benzene rings is 3. The number of nitrogens with one attached hydrogen (secondary N) is 2. The van der Waals surface area contributed by atoms with E-state index < -0.39 is 0 Å². The molecule has 0 aliphatic carbocycles. The van der Waals surface area contributed by atoms with Crippen molar-refractivity contribution in [1.82, 2.24) is 5.32 Å². The van der Waals surface area contributed by atoms with Crippen molar-refractivity contribution in [3.8, 4) is 0 Å². The predicted octanol–water partition coefficient (Wildman–Crippen LogP) is 3.85. The molecule has 0 bridgehead atoms. The molecule has 2 N–H and O–H groups in total. The molecule has 0 aliphatic heterocycles. The number of hydrogen-bond acceptors (Lipinski definition) is 2. The summed E-state index contributed by atoms with van der Waals surface area (Å²) in [6, 6.07) is 20.8. The van der Waals surface area contributed by atoms with Gasteiger partial charge in [-0.15, -0.1) is 0 Å². The average Bonchev–Trinajstić information content (AvgIpc) is 2.66. The second-order valence-electron chi connectivity index (χ2n) is 5.55. The zero-order valence-electron chi connectivity index (χ0n) is 13.8. The number of hydrogen-bond donors (Lipinski definition) is 2. The van der Waals surface area contributed by atoms with Crippen molar-refractivity contribution < 1.29 is 9.59 Å². The minimum absolute atomic E-state index is 0.192. The summed E-state index contributed by atoms with van der Waals surface area (Å²) >= 11 is 0. The molecule has 3 aromatic rings. The molecule has 0 fully saturated rings. The van der Waals surface area contributed by atoms with Crippen LogP contribution in [0.3, 0.4) is 0 Å². The Morgan fingerprint density at radius 2 is 1.68 bits per heavy atom. The standard InChI is InChI=1S/C21H18N2O2/c1-22-21(25)17-9-5-10-18(14-17)23-20(24)13-12-16-8-4-7-15-6-2-3-11-19(15)16/h2-14H,1H3,(H,22,25)(H,23,24)/b13-12+. The molecular weight excluding hydrogens is 312 g/mol. The molecule has 4 nitrogen and oxygen atoms in total. The van der Waals surface area contributed by atoms with Gasteiger partial charge in [0, 0.05) is 24.4 Å². The molecule has 4 heteroatoms. The van der Waals surface area contributed by atoms with Gasteiger partial charge in [0.2, 0.25) is 5.91 Å². The van der Waals surface area contributed by atoms with Crippen molar-refractivity contribution in [3.63, 3.8) is 0 Å². The summed E-state index contributed by atoms with van der Waals surface area (Å²) in [6.45, 7) is 0. The van der Waals surface area contributed by atoms with E-state index in [-0.39, 0.29) is 11.8 Å². The van der Waals surface area contributed by atoms with E-state index in [1.165, 1.54) is 6.08 Å². The van der Waals surface area contributed by atoms with Gasteiger partial charge >= 0.3 is 0 Å². The second kappa shape index (κ2) is 7.45. The quantitative estimate of drug-likeness (QED) is 0.714. The van der Waals surface area contributed by atoms with Gasteiger partial charge < -0.3 is 10.6 Å². The highest BCUT2D eigenvalue weighted by molar-refractivity contribution is 6.04. The van der Waals surface area contributed by atoms with Crippen LogP contribution in [0, 0.1) is 0 Å². The first kappa shape index (κ1) is 16.5. The molecule has 3 rings (SSSR count). The Labute approximate surface area is 146 Å². The fraction of sp³-hybridized carbons (Fsp3) is 0.0476. The maximum absolute atomic E-state index is 12.2. The van der Waals surface area contributed by atoms with Gasteiger partial charge in [-0.05, 0) is 40.6 Å². The lowest BCUT2D eigenvalue weighted by atomic mass is 10.0. The van der Waals surface area contributed by atoms with Crippen LogP contribution in [0.25, 0.3) is 16.8 Å². The van der Waals surface area contributed by atoms with Crippen LogP contribution in [-0.2, 0) is 4.79 Å². The number of amides is 2. The number of rotatable bonds is 4. The van der Waals surface area contributed by atoms with E-state index in [0.29, 0.717) is 11.3 Å². The lowest BCUT2D eigenvalue weighted by Gasteiger charge is -2.05. The number of carbonyl (C=O) groups excluding carboxylic acids is 2. The van der Waals surface area contributed by atoms with Crippen LogP contribution in [-0.4, -0.2) is 18.9 Å². The van der Waals surface area contributed by atoms with Crippen LogP contribution in [0.5, 0.6) is 0 Å². The zero-order valence-corrected chi connectivity index (χ0v) is 13.8. The molecule has 0 saturated heterocycles. The average molecular weight is 330 g/mol. The molecule has 0 unspecified atom stereocenters. The molecule has 3 aromatic carbocycles. The lowest BCUT2D eigenvalue weighted by Crippen LogP contribution is -2.18. The van der Waals surface area contributed by atoms with Gasteiger partial charge in [-0.3, -0.25) is 9.59 Å². The van der Waals surface area contributed by atoms with Gasteiger partial charge in [-0.1, -0.05) is 48.5 Å². The monoisotopic (exact) mass is 330 g/mol. The predicted molar refractivity (Wildman–Crippen MR) is 101 cm³/mol. The van der Waals surface area contributed by atoms with Crippen molar-refractivity contribution in [2.24, 2.45) is 0 Å². The summed E-state index contributed by atoms with van der Waals surface area (Å²) < 4.78 is 0. The molecule has 0 saturated carbocycles. The second-order valence-corrected chi connectivity index (χ2v) is 5.55. The van der Waals surface area contributed by atoms with E-state index in [0.717, 1.165) is 16.3 Å². The zero-order chi connectivity index (χ0) is 17.6. The molecule has 0 atom stereocenters. The summed E-state index contributed by atoms with van der Waals surface area (Å²) in [5, 5.41) is 7.55. The van der Waals surface area contributed by atoms with Crippen molar-refractivity contribution in [1.29, 1.82) is 0 Å². The Hall–Kier alpha value is -3.40. The summed E-state index contributed by atoms with van der Waals surface area (Å²) in [5.74, 6) is -0.440. The first-order valence-corrected chi connectivity index (χ1v) is 7.96. The van der Waals surface area contributed by atoms with Crippen LogP contribution in [0.2, 0.25) is 0 Å². The van der Waals surface area contributed by atoms with Gasteiger partial charge in [-0.25, -0.2) is 0 Å². The minimum atomic E-state index is -0.248. The van der Waals surface area contributed by atoms with Crippen molar-refractivity contribution in [3.05, 3.63) is 83.9 Å². The highest BCUT2D eigenvalue weighted by Crippen LogP contribution is 2.19. The number of anilines is 1. The lowest BCUT2D eigenvalue weighted by molar-refractivity contribution is -0.111. The van der Waals surface area contributed by atoms with Crippen molar-refractivity contribution >= 4 is 34.4 Å². The van der Waals surface area contributed by atoms with Gasteiger partial charge in [0.25, 0.3) is 5.91 Å². The fourth-order valence-electron chi connectivity index (χ4n) is 2.63. The normalized spacial score (nSPS) is 10.8. The first-order chi connectivity index (χ1) is 12.2. The summed E-state index contributed by atoms with van der Waals surface area (Å²) in [4.78, 5) is 23.8. The Bertz CT molecular complexity index is 956. The van der Waals surface area contributed by atoms with E-state index in [9.17, 15) is 9.59 Å². The number of carbonyl (C=O) groups is 2. The molecule has 0 aromatic heterocycles. The minimum Gasteiger partial charge on any atom is -0.355 e. The Balaban J connectivity index is 1.76. The molecule has 25 heavy (non-hydrogen) atoms. The van der Waals surface area contributed by atoms with E-state index in [1.807, 2.05) is 42.5 Å². The van der Waals surface area contributed by atoms with Crippen molar-refractivity contribution in [2.75, 3.05) is 12.4 Å². The molecular formula is C21H18N2O2. The van der Waals surface area contributed by atoms with Crippen LogP contribution >= 0.6 is 0 Å². The third-order valence-corrected chi connectivity index (χ3v) is 3.86. The highest BCUT2D eigenvalue weighted by atomic mass is 16.2. The van der Waals surface area contributed by atoms with E-state index in [2.05, 4.69) is 10.6 Å². The number of fused-ring (bicyclic) bond motifs is 1. The molecule has 124 valence electrons. The Kier molecular flexibility index (Phi) is 4.90. The van der Waals surface area contributed by atoms with Gasteiger partial charge in [-0.2, -0.15) is 0 Å². The largest absolute Gasteiger partial charge is 0.355 e. The fourth-order valence-corrected chi connectivity index (χ4v) is 2.63. The van der Waals surface area contributed by atoms with E-state index in [4.69, 9.17) is 0 Å². The Morgan fingerprint density at radius 3 is 2.52 bits per heavy atom. The maximum Gasteiger partial charge on any atom is 0.251 e. The molecule has 0 aliphatic rings. The van der Waals surface area contributed by atoms with Crippen LogP contribution < -0.4 is 10.6 Å². The first-order valence-electron chi connectivity index (χ1n) is 7.96. The van der Waals surface area contributed by atoms with Crippen LogP contribution in [0.4, 0.5) is 5.69 Å². The van der Waals surface area contributed by atoms with Gasteiger partial charge in [0.05, 0.1) is 0 Å². The van der Waals surface area contributed by atoms with E-state index in [1.54, 1.807) is 37.4 Å². The summed E-state index contributed by atoms with van der Waals surface area (Å²) in [7, 11) is 1.57. The SMILES string of the molecule is CNC(=O)c1cccc(NC(=O)/C=C/c2cccc3ccccc23)c1. The third kappa shape index (κ3) is 3.93. The molecule has 0 radical (unpaired) electrons. The molecule has 2 amide bonds. The van der Waals surface area contributed by atoms with Crippen LogP contribution in [0.1, 0.15) is 15.9 Å². The third-order valence-electron chi connectivity index (χ3n) is 3.86. The van der Waals surface area contributed by atoms with E-state index >= 15 is 0 Å². The highest BCUT2D eigenvalue weighted by Gasteiger charge is 2.05. The van der Waals surface area contributed by atoms with Crippen LogP contribution in [0.15, 0.2) is 72.8 Å². The maximum atomic E-state index is 12.2. The summed E-state index contributed by atoms with van der Waals surface area (Å²) in [6.07, 6.45) is 3.29. The van der Waals surface area contributed by atoms with Gasteiger partial charge in [0.1, 0.15) is 0 Å². The molecule has 0 heterocycles.